The van der Waals surface area contributed by atoms with Gasteiger partial charge in [-0.15, -0.1) is 10.2 Å². The van der Waals surface area contributed by atoms with Gasteiger partial charge in [0.25, 0.3) is 11.1 Å². The second kappa shape index (κ2) is 8.76. The van der Waals surface area contributed by atoms with Crippen molar-refractivity contribution in [3.63, 3.8) is 0 Å². The maximum Gasteiger partial charge on any atom is 0.266 e. The number of aryl methyl sites for hydroxylation is 2. The quantitative estimate of drug-likeness (QED) is 0.261. The van der Waals surface area contributed by atoms with Gasteiger partial charge in [0.15, 0.2) is 5.16 Å². The third-order valence-electron chi connectivity index (χ3n) is 6.26. The Balaban J connectivity index is 1.51. The minimum absolute atomic E-state index is 0.0865. The van der Waals surface area contributed by atoms with Crippen molar-refractivity contribution in [2.75, 3.05) is 0 Å². The standard InChI is InChI=1S/C27H22N6O2S/c1-3-31-24(34)20-9-5-7-11-22(20)33-23(29-30-26(31)33)16-36-27-28-21-10-6-4-8-19(21)25(35)32(27)18-14-12-17(2)13-15-18/h4-15H,3,16H2,1-2H3. The molecular formula is C27H22N6O2S. The van der Waals surface area contributed by atoms with E-state index in [0.717, 1.165) is 16.8 Å². The largest absolute Gasteiger partial charge is 0.277 e. The van der Waals surface area contributed by atoms with Crippen molar-refractivity contribution in [1.29, 1.82) is 0 Å². The molecule has 6 rings (SSSR count). The van der Waals surface area contributed by atoms with Gasteiger partial charge in [-0.3, -0.25) is 23.1 Å². The minimum Gasteiger partial charge on any atom is -0.277 e. The molecule has 0 saturated heterocycles. The molecule has 0 saturated carbocycles. The molecule has 0 N–H and O–H groups in total. The Morgan fingerprint density at radius 2 is 1.56 bits per heavy atom. The Hall–Kier alpha value is -4.24. The fourth-order valence-electron chi connectivity index (χ4n) is 4.45. The zero-order valence-corrected chi connectivity index (χ0v) is 20.6. The van der Waals surface area contributed by atoms with Crippen LogP contribution in [0.2, 0.25) is 0 Å². The Bertz CT molecular complexity index is 1890. The summed E-state index contributed by atoms with van der Waals surface area (Å²) in [5.74, 6) is 1.58. The number of para-hydroxylation sites is 2. The summed E-state index contributed by atoms with van der Waals surface area (Å²) in [6.45, 7) is 4.41. The van der Waals surface area contributed by atoms with E-state index in [1.165, 1.54) is 11.8 Å². The summed E-state index contributed by atoms with van der Waals surface area (Å²) >= 11 is 1.41. The molecule has 0 bridgehead atoms. The van der Waals surface area contributed by atoms with E-state index < -0.39 is 0 Å². The van der Waals surface area contributed by atoms with E-state index in [-0.39, 0.29) is 11.1 Å². The number of thioether (sulfide) groups is 1. The number of hydrogen-bond acceptors (Lipinski definition) is 6. The Labute approximate surface area is 209 Å². The van der Waals surface area contributed by atoms with E-state index in [4.69, 9.17) is 4.98 Å². The lowest BCUT2D eigenvalue weighted by Crippen LogP contribution is -2.23. The average molecular weight is 495 g/mol. The molecule has 0 fully saturated rings. The third kappa shape index (κ3) is 3.51. The van der Waals surface area contributed by atoms with Crippen LogP contribution in [-0.4, -0.2) is 28.7 Å². The second-order valence-corrected chi connectivity index (χ2v) is 9.44. The molecule has 9 heteroatoms. The summed E-state index contributed by atoms with van der Waals surface area (Å²) in [6.07, 6.45) is 0. The normalized spacial score (nSPS) is 11.6. The molecule has 8 nitrogen and oxygen atoms in total. The van der Waals surface area contributed by atoms with E-state index >= 15 is 0 Å². The third-order valence-corrected chi connectivity index (χ3v) is 7.19. The molecule has 0 amide bonds. The molecule has 0 radical (unpaired) electrons. The number of rotatable bonds is 5. The molecule has 36 heavy (non-hydrogen) atoms. The van der Waals surface area contributed by atoms with E-state index in [2.05, 4.69) is 10.2 Å². The molecule has 0 spiro atoms. The van der Waals surface area contributed by atoms with Crippen LogP contribution >= 0.6 is 11.8 Å². The molecule has 0 aliphatic heterocycles. The molecule has 0 aliphatic rings. The lowest BCUT2D eigenvalue weighted by molar-refractivity contribution is 0.735. The summed E-state index contributed by atoms with van der Waals surface area (Å²) in [4.78, 5) is 31.4. The predicted molar refractivity (Wildman–Crippen MR) is 142 cm³/mol. The zero-order chi connectivity index (χ0) is 24.8. The average Bonchev–Trinajstić information content (AvgIpc) is 3.32. The first kappa shape index (κ1) is 22.2. The summed E-state index contributed by atoms with van der Waals surface area (Å²) < 4.78 is 5.19. The van der Waals surface area contributed by atoms with Crippen molar-refractivity contribution >= 4 is 39.3 Å². The Morgan fingerprint density at radius 3 is 2.33 bits per heavy atom. The van der Waals surface area contributed by atoms with Gasteiger partial charge in [0.2, 0.25) is 5.78 Å². The fourth-order valence-corrected chi connectivity index (χ4v) is 5.38. The van der Waals surface area contributed by atoms with Gasteiger partial charge in [0.1, 0.15) is 5.82 Å². The highest BCUT2D eigenvalue weighted by Crippen LogP contribution is 2.25. The molecule has 6 aromatic rings. The maximum atomic E-state index is 13.5. The van der Waals surface area contributed by atoms with Gasteiger partial charge < -0.3 is 0 Å². The monoisotopic (exact) mass is 494 g/mol. The number of hydrogen-bond donors (Lipinski definition) is 0. The lowest BCUT2D eigenvalue weighted by atomic mass is 10.2. The van der Waals surface area contributed by atoms with Gasteiger partial charge >= 0.3 is 0 Å². The fraction of sp³-hybridized carbons (Fsp3) is 0.148. The number of benzene rings is 3. The van der Waals surface area contributed by atoms with Crippen molar-refractivity contribution < 1.29 is 0 Å². The van der Waals surface area contributed by atoms with Crippen LogP contribution in [0, 0.1) is 6.92 Å². The topological polar surface area (TPSA) is 87.1 Å². The first-order valence-corrected chi connectivity index (χ1v) is 12.6. The van der Waals surface area contributed by atoms with Crippen LogP contribution in [0.4, 0.5) is 0 Å². The van der Waals surface area contributed by atoms with Crippen LogP contribution in [0.3, 0.4) is 0 Å². The van der Waals surface area contributed by atoms with Gasteiger partial charge in [-0.25, -0.2) is 4.98 Å². The highest BCUT2D eigenvalue weighted by molar-refractivity contribution is 7.98. The SMILES string of the molecule is CCn1c(=O)c2ccccc2n2c(CSc3nc4ccccc4c(=O)n3-c3ccc(C)cc3)nnc12. The van der Waals surface area contributed by atoms with Crippen LogP contribution in [-0.2, 0) is 12.3 Å². The predicted octanol–water partition coefficient (Wildman–Crippen LogP) is 4.36. The van der Waals surface area contributed by atoms with Gasteiger partial charge in [-0.1, -0.05) is 53.7 Å². The zero-order valence-electron chi connectivity index (χ0n) is 19.8. The number of nitrogens with zero attached hydrogens (tertiary/aromatic N) is 6. The van der Waals surface area contributed by atoms with Crippen molar-refractivity contribution in [1.82, 2.24) is 28.7 Å². The van der Waals surface area contributed by atoms with Crippen molar-refractivity contribution in [2.45, 2.75) is 31.3 Å². The highest BCUT2D eigenvalue weighted by atomic mass is 32.2. The van der Waals surface area contributed by atoms with E-state index in [9.17, 15) is 9.59 Å². The van der Waals surface area contributed by atoms with E-state index in [1.807, 2.05) is 85.0 Å². The molecular weight excluding hydrogens is 472 g/mol. The molecule has 0 unspecified atom stereocenters. The molecule has 0 atom stereocenters. The van der Waals surface area contributed by atoms with E-state index in [1.54, 1.807) is 15.2 Å². The summed E-state index contributed by atoms with van der Waals surface area (Å²) in [5, 5.41) is 10.5. The molecule has 3 aromatic heterocycles. The minimum atomic E-state index is -0.122. The van der Waals surface area contributed by atoms with Crippen LogP contribution in [0.15, 0.2) is 87.5 Å². The summed E-state index contributed by atoms with van der Waals surface area (Å²) in [7, 11) is 0. The van der Waals surface area contributed by atoms with Crippen molar-refractivity contribution in [2.24, 2.45) is 0 Å². The highest BCUT2D eigenvalue weighted by Gasteiger charge is 2.18. The number of aromatic nitrogens is 6. The molecule has 178 valence electrons. The summed E-state index contributed by atoms with van der Waals surface area (Å²) in [5.41, 5.74) is 3.05. The summed E-state index contributed by atoms with van der Waals surface area (Å²) in [6, 6.07) is 22.7. The van der Waals surface area contributed by atoms with Crippen LogP contribution in [0.1, 0.15) is 18.3 Å². The number of fused-ring (bicyclic) bond motifs is 4. The van der Waals surface area contributed by atoms with Crippen LogP contribution in [0.25, 0.3) is 33.3 Å². The Kier molecular flexibility index (Phi) is 5.41. The van der Waals surface area contributed by atoms with Gasteiger partial charge in [-0.2, -0.15) is 0 Å². The molecule has 3 heterocycles. The van der Waals surface area contributed by atoms with Crippen LogP contribution in [0.5, 0.6) is 0 Å². The maximum absolute atomic E-state index is 13.5. The lowest BCUT2D eigenvalue weighted by Gasteiger charge is -2.13. The molecule has 3 aromatic carbocycles. The van der Waals surface area contributed by atoms with Crippen LogP contribution < -0.4 is 11.1 Å². The second-order valence-electron chi connectivity index (χ2n) is 8.49. The van der Waals surface area contributed by atoms with Gasteiger partial charge in [-0.05, 0) is 50.2 Å². The van der Waals surface area contributed by atoms with Gasteiger partial charge in [0, 0.05) is 6.54 Å². The first-order chi connectivity index (χ1) is 17.6. The van der Waals surface area contributed by atoms with Crippen molar-refractivity contribution in [3.8, 4) is 5.69 Å². The first-order valence-electron chi connectivity index (χ1n) is 11.6. The smallest absolute Gasteiger partial charge is 0.266 e. The van der Waals surface area contributed by atoms with Gasteiger partial charge in [0.05, 0.1) is 33.2 Å². The molecule has 0 aliphatic carbocycles. The van der Waals surface area contributed by atoms with Crippen molar-refractivity contribution in [3.05, 3.63) is 105 Å². The van der Waals surface area contributed by atoms with E-state index in [0.29, 0.717) is 45.3 Å². The Morgan fingerprint density at radius 1 is 0.833 bits per heavy atom.